The Hall–Kier alpha value is -0.520. The number of rotatable bonds is 3. The Bertz CT molecular complexity index is 496. The fourth-order valence-corrected chi connectivity index (χ4v) is 3.06. The molecule has 1 aromatic carbocycles. The molecule has 1 aromatic heterocycles. The van der Waals surface area contributed by atoms with Gasteiger partial charge in [-0.1, -0.05) is 15.9 Å². The zero-order valence-corrected chi connectivity index (χ0v) is 12.3. The maximum Gasteiger partial charge on any atom is 0.0588 e. The number of benzene rings is 1. The van der Waals surface area contributed by atoms with Crippen molar-refractivity contribution in [3.8, 4) is 0 Å². The molecule has 0 aliphatic carbocycles. The molecule has 0 atom stereocenters. The molecule has 5 heteroatoms. The van der Waals surface area contributed by atoms with Gasteiger partial charge in [0, 0.05) is 25.7 Å². The highest BCUT2D eigenvalue weighted by atomic mass is 79.9. The van der Waals surface area contributed by atoms with Crippen molar-refractivity contribution in [3.05, 3.63) is 43.5 Å². The van der Waals surface area contributed by atoms with Crippen LogP contribution in [0.15, 0.2) is 38.6 Å². The van der Waals surface area contributed by atoms with Crippen molar-refractivity contribution < 1.29 is 0 Å². The van der Waals surface area contributed by atoms with Crippen LogP contribution in [0.2, 0.25) is 0 Å². The lowest BCUT2D eigenvalue weighted by Gasteiger charge is -2.08. The summed E-state index contributed by atoms with van der Waals surface area (Å²) in [6.45, 7) is 0.789. The first-order valence-corrected chi connectivity index (χ1v) is 7.13. The Morgan fingerprint density at radius 3 is 2.69 bits per heavy atom. The monoisotopic (exact) mass is 360 g/mol. The zero-order valence-electron chi connectivity index (χ0n) is 8.34. The summed E-state index contributed by atoms with van der Waals surface area (Å²) in [6, 6.07) is 7.91. The number of nitrogen functional groups attached to an aromatic ring is 1. The maximum atomic E-state index is 5.87. The fourth-order valence-electron chi connectivity index (χ4n) is 1.31. The molecule has 0 aliphatic rings. The second-order valence-electron chi connectivity index (χ2n) is 3.32. The summed E-state index contributed by atoms with van der Waals surface area (Å²) in [5.41, 5.74) is 7.59. The fraction of sp³-hybridized carbons (Fsp3) is 0.0909. The van der Waals surface area contributed by atoms with Crippen LogP contribution >= 0.6 is 43.2 Å². The molecule has 0 radical (unpaired) electrons. The van der Waals surface area contributed by atoms with Gasteiger partial charge in [0.15, 0.2) is 0 Å². The van der Waals surface area contributed by atoms with Crippen molar-refractivity contribution in [2.24, 2.45) is 0 Å². The molecule has 0 amide bonds. The lowest BCUT2D eigenvalue weighted by atomic mass is 10.2. The molecule has 3 N–H and O–H groups in total. The van der Waals surface area contributed by atoms with E-state index in [1.165, 1.54) is 4.88 Å². The van der Waals surface area contributed by atoms with Crippen LogP contribution in [0.25, 0.3) is 0 Å². The number of halogens is 2. The number of thiophene rings is 1. The Labute approximate surface area is 115 Å². The molecule has 84 valence electrons. The van der Waals surface area contributed by atoms with Crippen LogP contribution < -0.4 is 11.1 Å². The molecule has 0 aliphatic heterocycles. The van der Waals surface area contributed by atoms with E-state index in [0.29, 0.717) is 0 Å². The minimum Gasteiger partial charge on any atom is -0.397 e. The molecular formula is C11H10Br2N2S. The summed E-state index contributed by atoms with van der Waals surface area (Å²) in [5, 5.41) is 5.39. The first-order chi connectivity index (χ1) is 7.65. The smallest absolute Gasteiger partial charge is 0.0588 e. The molecule has 2 nitrogen and oxygen atoms in total. The van der Waals surface area contributed by atoms with Gasteiger partial charge in [0.1, 0.15) is 0 Å². The van der Waals surface area contributed by atoms with E-state index in [1.54, 1.807) is 11.3 Å². The summed E-state index contributed by atoms with van der Waals surface area (Å²) in [7, 11) is 0. The van der Waals surface area contributed by atoms with Crippen LogP contribution in [0.1, 0.15) is 4.88 Å². The van der Waals surface area contributed by atoms with Gasteiger partial charge in [0.25, 0.3) is 0 Å². The largest absolute Gasteiger partial charge is 0.397 e. The number of nitrogens with two attached hydrogens (primary N) is 1. The first kappa shape index (κ1) is 12.0. The van der Waals surface area contributed by atoms with Gasteiger partial charge >= 0.3 is 0 Å². The molecule has 0 unspecified atom stereocenters. The average molecular weight is 362 g/mol. The van der Waals surface area contributed by atoms with Gasteiger partial charge in [-0.3, -0.25) is 0 Å². The molecule has 0 saturated carbocycles. The van der Waals surface area contributed by atoms with Crippen molar-refractivity contribution in [1.29, 1.82) is 0 Å². The van der Waals surface area contributed by atoms with Gasteiger partial charge in [-0.05, 0) is 40.2 Å². The Kier molecular flexibility index (Phi) is 3.89. The van der Waals surface area contributed by atoms with Crippen molar-refractivity contribution in [3.63, 3.8) is 0 Å². The van der Waals surface area contributed by atoms with E-state index in [4.69, 9.17) is 5.73 Å². The predicted octanol–water partition coefficient (Wildman–Crippen LogP) is 4.47. The normalized spacial score (nSPS) is 10.4. The number of nitrogens with one attached hydrogen (secondary N) is 1. The van der Waals surface area contributed by atoms with Crippen LogP contribution in [-0.4, -0.2) is 0 Å². The number of hydrogen-bond acceptors (Lipinski definition) is 3. The Morgan fingerprint density at radius 1 is 1.19 bits per heavy atom. The molecule has 2 rings (SSSR count). The van der Waals surface area contributed by atoms with E-state index in [2.05, 4.69) is 48.6 Å². The molecule has 1 heterocycles. The highest BCUT2D eigenvalue weighted by Crippen LogP contribution is 2.25. The summed E-state index contributed by atoms with van der Waals surface area (Å²) in [5.74, 6) is 0. The lowest BCUT2D eigenvalue weighted by molar-refractivity contribution is 1.19. The topological polar surface area (TPSA) is 38.0 Å². The quantitative estimate of drug-likeness (QED) is 0.791. The highest BCUT2D eigenvalue weighted by molar-refractivity contribution is 9.10. The van der Waals surface area contributed by atoms with E-state index < -0.39 is 0 Å². The van der Waals surface area contributed by atoms with E-state index in [9.17, 15) is 0 Å². The van der Waals surface area contributed by atoms with Gasteiger partial charge in [-0.2, -0.15) is 0 Å². The zero-order chi connectivity index (χ0) is 11.5. The maximum absolute atomic E-state index is 5.87. The molecule has 0 spiro atoms. The van der Waals surface area contributed by atoms with Crippen LogP contribution in [0.5, 0.6) is 0 Å². The minimum absolute atomic E-state index is 0.763. The lowest BCUT2D eigenvalue weighted by Crippen LogP contribution is -2.00. The van der Waals surface area contributed by atoms with E-state index in [-0.39, 0.29) is 0 Å². The molecular weight excluding hydrogens is 352 g/mol. The molecule has 0 fully saturated rings. The number of hydrogen-bond donors (Lipinski definition) is 2. The predicted molar refractivity (Wildman–Crippen MR) is 77.9 cm³/mol. The van der Waals surface area contributed by atoms with Gasteiger partial charge in [0.05, 0.1) is 11.4 Å². The highest BCUT2D eigenvalue weighted by Gasteiger charge is 2.01. The molecule has 2 aromatic rings. The van der Waals surface area contributed by atoms with Gasteiger partial charge in [0.2, 0.25) is 0 Å². The Balaban J connectivity index is 2.07. The molecule has 16 heavy (non-hydrogen) atoms. The Morgan fingerprint density at radius 2 is 2.00 bits per heavy atom. The first-order valence-electron chi connectivity index (χ1n) is 4.67. The van der Waals surface area contributed by atoms with Crippen molar-refractivity contribution >= 4 is 54.6 Å². The van der Waals surface area contributed by atoms with Gasteiger partial charge in [-0.15, -0.1) is 11.3 Å². The van der Waals surface area contributed by atoms with Crippen LogP contribution in [0.4, 0.5) is 11.4 Å². The number of anilines is 2. The third-order valence-corrected chi connectivity index (χ3v) is 4.28. The van der Waals surface area contributed by atoms with Gasteiger partial charge < -0.3 is 11.1 Å². The summed E-state index contributed by atoms with van der Waals surface area (Å²) < 4.78 is 2.15. The van der Waals surface area contributed by atoms with Crippen molar-refractivity contribution in [2.45, 2.75) is 6.54 Å². The molecule has 0 bridgehead atoms. The van der Waals surface area contributed by atoms with E-state index >= 15 is 0 Å². The third-order valence-electron chi connectivity index (χ3n) is 2.09. The van der Waals surface area contributed by atoms with E-state index in [1.807, 2.05) is 18.2 Å². The van der Waals surface area contributed by atoms with Crippen molar-refractivity contribution in [1.82, 2.24) is 0 Å². The minimum atomic E-state index is 0.763. The summed E-state index contributed by atoms with van der Waals surface area (Å²) in [6.07, 6.45) is 0. The van der Waals surface area contributed by atoms with Crippen LogP contribution in [0.3, 0.4) is 0 Å². The second-order valence-corrected chi connectivity index (χ2v) is 6.14. The standard InChI is InChI=1S/C11H10Br2N2S/c12-7-1-2-10(14)11(4-7)15-5-9-3-8(13)6-16-9/h1-4,6,15H,5,14H2. The van der Waals surface area contributed by atoms with Gasteiger partial charge in [-0.25, -0.2) is 0 Å². The third kappa shape index (κ3) is 2.99. The second kappa shape index (κ2) is 5.21. The van der Waals surface area contributed by atoms with Crippen LogP contribution in [0, 0.1) is 0 Å². The molecule has 0 saturated heterocycles. The SMILES string of the molecule is Nc1ccc(Br)cc1NCc1cc(Br)cs1. The van der Waals surface area contributed by atoms with Crippen LogP contribution in [-0.2, 0) is 6.54 Å². The summed E-state index contributed by atoms with van der Waals surface area (Å²) in [4.78, 5) is 1.27. The average Bonchev–Trinajstić information content (AvgIpc) is 2.66. The van der Waals surface area contributed by atoms with Crippen molar-refractivity contribution in [2.75, 3.05) is 11.1 Å². The summed E-state index contributed by atoms with van der Waals surface area (Å²) >= 11 is 8.58. The van der Waals surface area contributed by atoms with E-state index in [0.717, 1.165) is 26.9 Å².